The van der Waals surface area contributed by atoms with Crippen LogP contribution in [0.25, 0.3) is 10.9 Å². The van der Waals surface area contributed by atoms with Crippen molar-refractivity contribution >= 4 is 40.2 Å². The Labute approximate surface area is 241 Å². The van der Waals surface area contributed by atoms with Crippen molar-refractivity contribution in [3.63, 3.8) is 0 Å². The molecule has 212 valence electrons. The highest BCUT2D eigenvalue weighted by molar-refractivity contribution is 6.16. The number of hydrogen-bond acceptors (Lipinski definition) is 6. The van der Waals surface area contributed by atoms with Crippen molar-refractivity contribution in [3.8, 4) is 11.5 Å². The van der Waals surface area contributed by atoms with E-state index < -0.39 is 17.0 Å². The van der Waals surface area contributed by atoms with E-state index in [0.29, 0.717) is 54.3 Å². The van der Waals surface area contributed by atoms with E-state index in [1.165, 1.54) is 4.90 Å². The van der Waals surface area contributed by atoms with E-state index in [1.54, 1.807) is 48.7 Å². The van der Waals surface area contributed by atoms with Gasteiger partial charge >= 0.3 is 6.09 Å². The number of carbonyl (C=O) groups is 3. The zero-order valence-corrected chi connectivity index (χ0v) is 22.7. The van der Waals surface area contributed by atoms with E-state index in [0.717, 1.165) is 17.4 Å². The van der Waals surface area contributed by atoms with Gasteiger partial charge in [0.1, 0.15) is 16.9 Å². The number of nitrogens with zero attached hydrogens (tertiary/aromatic N) is 2. The number of piperazine rings is 1. The number of amides is 3. The van der Waals surface area contributed by atoms with Crippen molar-refractivity contribution in [2.24, 2.45) is 5.41 Å². The lowest BCUT2D eigenvalue weighted by Crippen LogP contribution is -2.52. The molecule has 3 aromatic carbocycles. The van der Waals surface area contributed by atoms with Crippen molar-refractivity contribution in [3.05, 3.63) is 90.6 Å². The molecule has 3 amide bonds. The van der Waals surface area contributed by atoms with Crippen LogP contribution in [0.3, 0.4) is 0 Å². The number of carbonyl (C=O) groups excluding carboxylic acids is 2. The normalized spacial score (nSPS) is 21.6. The second kappa shape index (κ2) is 9.85. The molecule has 0 radical (unpaired) electrons. The van der Waals surface area contributed by atoms with Crippen molar-refractivity contribution in [2.45, 2.75) is 30.8 Å². The summed E-state index contributed by atoms with van der Waals surface area (Å²) in [4.78, 5) is 43.9. The minimum atomic E-state index is -1.06. The lowest BCUT2D eigenvalue weighted by atomic mass is 9.88. The van der Waals surface area contributed by atoms with Crippen LogP contribution in [0.5, 0.6) is 11.5 Å². The summed E-state index contributed by atoms with van der Waals surface area (Å²) in [5.41, 5.74) is 1.21. The molecule has 2 saturated heterocycles. The summed E-state index contributed by atoms with van der Waals surface area (Å²) in [6, 6.07) is 23.9. The quantitative estimate of drug-likeness (QED) is 0.234. The first-order valence-corrected chi connectivity index (χ1v) is 14.0. The predicted octanol–water partition coefficient (Wildman–Crippen LogP) is 4.94. The molecule has 4 aromatic rings. The van der Waals surface area contributed by atoms with Gasteiger partial charge in [0.25, 0.3) is 0 Å². The van der Waals surface area contributed by atoms with Crippen molar-refractivity contribution in [2.75, 3.05) is 23.7 Å². The number of aromatic nitrogens is 1. The number of hydrogen-bond donors (Lipinski definition) is 4. The van der Waals surface area contributed by atoms with Crippen molar-refractivity contribution in [1.82, 2.24) is 15.2 Å². The highest BCUT2D eigenvalue weighted by Gasteiger charge is 2.56. The van der Waals surface area contributed by atoms with Crippen LogP contribution in [-0.4, -0.2) is 52.0 Å². The minimum absolute atomic E-state index is 0.161. The largest absolute Gasteiger partial charge is 0.465 e. The topological polar surface area (TPSA) is 133 Å². The lowest BCUT2D eigenvalue weighted by Gasteiger charge is -2.37. The maximum Gasteiger partial charge on any atom is 0.408 e. The van der Waals surface area contributed by atoms with Gasteiger partial charge in [-0.25, -0.2) is 4.79 Å². The Balaban J connectivity index is 1.05. The van der Waals surface area contributed by atoms with Gasteiger partial charge in [0, 0.05) is 42.1 Å². The molecule has 1 saturated carbocycles. The number of rotatable bonds is 7. The van der Waals surface area contributed by atoms with E-state index >= 15 is 0 Å². The van der Waals surface area contributed by atoms with Crippen molar-refractivity contribution < 1.29 is 24.2 Å². The molecule has 4 N–H and O–H groups in total. The second-order valence-corrected chi connectivity index (χ2v) is 11.2. The van der Waals surface area contributed by atoms with Crippen LogP contribution >= 0.6 is 0 Å². The lowest BCUT2D eigenvalue weighted by molar-refractivity contribution is -0.131. The fourth-order valence-electron chi connectivity index (χ4n) is 6.17. The summed E-state index contributed by atoms with van der Waals surface area (Å²) in [5.74, 6) is 0.555. The smallest absolute Gasteiger partial charge is 0.408 e. The molecule has 2 aliphatic heterocycles. The SMILES string of the molecule is O=C(O)N1C[C@@H]2C[C@]1(c1ccc3c(Oc4ccc(NC(=O)C5(C(=O)Nc6ccccc6)CC5)cc4)ccnc3c1)CN2. The number of para-hydroxylation sites is 1. The molecular weight excluding hydrogens is 534 g/mol. The third kappa shape index (κ3) is 4.40. The van der Waals surface area contributed by atoms with Gasteiger partial charge in [-0.2, -0.15) is 0 Å². The molecule has 10 heteroatoms. The first-order valence-electron chi connectivity index (χ1n) is 14.0. The van der Waals surface area contributed by atoms with Gasteiger partial charge < -0.3 is 25.8 Å². The number of carboxylic acid groups (broad SMARTS) is 1. The Morgan fingerprint density at radius 2 is 1.64 bits per heavy atom. The molecule has 2 bridgehead atoms. The molecule has 0 unspecified atom stereocenters. The summed E-state index contributed by atoms with van der Waals surface area (Å²) >= 11 is 0. The number of likely N-dealkylation sites (tertiary alicyclic amines) is 1. The number of pyridine rings is 1. The fraction of sp³-hybridized carbons (Fsp3) is 0.250. The molecule has 1 aliphatic carbocycles. The first-order chi connectivity index (χ1) is 20.4. The summed E-state index contributed by atoms with van der Waals surface area (Å²) in [5, 5.41) is 19.7. The van der Waals surface area contributed by atoms with Crippen molar-refractivity contribution in [1.29, 1.82) is 0 Å². The predicted molar refractivity (Wildman–Crippen MR) is 156 cm³/mol. The summed E-state index contributed by atoms with van der Waals surface area (Å²) in [6.07, 6.45) is 2.50. The molecule has 7 rings (SSSR count). The van der Waals surface area contributed by atoms with Crippen LogP contribution < -0.4 is 20.7 Å². The molecule has 1 aromatic heterocycles. The van der Waals surface area contributed by atoms with E-state index in [9.17, 15) is 19.5 Å². The van der Waals surface area contributed by atoms with Gasteiger partial charge in [0.15, 0.2) is 0 Å². The minimum Gasteiger partial charge on any atom is -0.465 e. The highest BCUT2D eigenvalue weighted by atomic mass is 16.5. The zero-order valence-electron chi connectivity index (χ0n) is 22.7. The van der Waals surface area contributed by atoms with E-state index in [2.05, 4.69) is 20.9 Å². The van der Waals surface area contributed by atoms with Gasteiger partial charge in [0.05, 0.1) is 11.1 Å². The number of benzene rings is 3. The second-order valence-electron chi connectivity index (χ2n) is 11.2. The monoisotopic (exact) mass is 563 g/mol. The van der Waals surface area contributed by atoms with Gasteiger partial charge in [-0.15, -0.1) is 0 Å². The molecule has 0 spiro atoms. The van der Waals surface area contributed by atoms with Gasteiger partial charge in [-0.1, -0.05) is 24.3 Å². The third-order valence-electron chi connectivity index (χ3n) is 8.65. The maximum atomic E-state index is 13.0. The molecule has 3 aliphatic rings. The Bertz CT molecular complexity index is 1710. The average molecular weight is 564 g/mol. The molecule has 42 heavy (non-hydrogen) atoms. The Morgan fingerprint density at radius 1 is 0.929 bits per heavy atom. The van der Waals surface area contributed by atoms with Crippen LogP contribution in [0.1, 0.15) is 24.8 Å². The standard InChI is InChI=1S/C32H29N5O5/c38-28(35-21-4-2-1-3-5-21)31(13-14-31)29(39)36-22-7-9-24(10-8-22)42-27-12-15-33-26-16-20(6-11-25(26)27)32-17-23(34-19-32)18-37(32)30(40)41/h1-12,15-16,23,34H,13-14,17-19H2,(H,35,38)(H,36,39)(H,40,41)/t23-,32+/m0/s1. The summed E-state index contributed by atoms with van der Waals surface area (Å²) in [6.45, 7) is 1.05. The number of ether oxygens (including phenoxy) is 1. The number of fused-ring (bicyclic) bond motifs is 3. The number of nitrogens with one attached hydrogen (secondary N) is 3. The first kappa shape index (κ1) is 26.0. The molecule has 10 nitrogen and oxygen atoms in total. The number of anilines is 2. The van der Waals surface area contributed by atoms with Gasteiger partial charge in [-0.05, 0) is 79.4 Å². The van der Waals surface area contributed by atoms with Crippen LogP contribution in [0.4, 0.5) is 16.2 Å². The van der Waals surface area contributed by atoms with E-state index in [-0.39, 0.29) is 17.9 Å². The fourth-order valence-corrected chi connectivity index (χ4v) is 6.17. The van der Waals surface area contributed by atoms with Crippen LogP contribution in [0.2, 0.25) is 0 Å². The zero-order chi connectivity index (χ0) is 28.9. The Morgan fingerprint density at radius 3 is 2.31 bits per heavy atom. The Hall–Kier alpha value is -4.96. The average Bonchev–Trinajstić information content (AvgIpc) is 3.60. The van der Waals surface area contributed by atoms with Gasteiger partial charge in [0.2, 0.25) is 11.8 Å². The summed E-state index contributed by atoms with van der Waals surface area (Å²) in [7, 11) is 0. The van der Waals surface area contributed by atoms with Crippen LogP contribution in [0.15, 0.2) is 85.1 Å². The van der Waals surface area contributed by atoms with E-state index in [4.69, 9.17) is 4.74 Å². The molecule has 3 heterocycles. The molecule has 2 atom stereocenters. The van der Waals surface area contributed by atoms with Gasteiger partial charge in [-0.3, -0.25) is 19.5 Å². The Kier molecular flexibility index (Phi) is 6.09. The highest BCUT2D eigenvalue weighted by Crippen LogP contribution is 2.48. The molecule has 3 fully saturated rings. The van der Waals surface area contributed by atoms with Crippen LogP contribution in [0, 0.1) is 5.41 Å². The summed E-state index contributed by atoms with van der Waals surface area (Å²) < 4.78 is 6.19. The maximum absolute atomic E-state index is 13.0. The third-order valence-corrected chi connectivity index (χ3v) is 8.65. The van der Waals surface area contributed by atoms with E-state index in [1.807, 2.05) is 36.4 Å². The van der Waals surface area contributed by atoms with Crippen LogP contribution in [-0.2, 0) is 15.1 Å². The molecular formula is C32H29N5O5.